The van der Waals surface area contributed by atoms with E-state index in [1.54, 1.807) is 6.07 Å². The van der Waals surface area contributed by atoms with Gasteiger partial charge in [0.05, 0.1) is 0 Å². The van der Waals surface area contributed by atoms with Crippen molar-refractivity contribution < 1.29 is 9.90 Å². The van der Waals surface area contributed by atoms with E-state index in [0.29, 0.717) is 5.56 Å². The van der Waals surface area contributed by atoms with Crippen molar-refractivity contribution in [1.29, 1.82) is 0 Å². The number of amides is 1. The van der Waals surface area contributed by atoms with E-state index in [0.717, 1.165) is 12.0 Å². The summed E-state index contributed by atoms with van der Waals surface area (Å²) >= 11 is 0. The zero-order chi connectivity index (χ0) is 19.6. The van der Waals surface area contributed by atoms with Crippen LogP contribution < -0.4 is 5.32 Å². The molecular formula is C24H39NO2. The molecule has 0 unspecified atom stereocenters. The Morgan fingerprint density at radius 2 is 1.44 bits per heavy atom. The largest absolute Gasteiger partial charge is 0.376 e. The molecule has 3 heteroatoms. The van der Waals surface area contributed by atoms with Gasteiger partial charge in [0.25, 0.3) is 5.91 Å². The molecule has 1 aromatic rings. The molecule has 1 amide bonds. The number of unbranched alkanes of at least 4 members (excludes halogenated alkanes) is 12. The van der Waals surface area contributed by atoms with Crippen LogP contribution in [0.5, 0.6) is 0 Å². The highest BCUT2D eigenvalue weighted by Crippen LogP contribution is 2.14. The van der Waals surface area contributed by atoms with E-state index in [9.17, 15) is 4.79 Å². The summed E-state index contributed by atoms with van der Waals surface area (Å²) in [5.74, 6) is -0.233. The number of aliphatic hydroxyl groups excluding tert-OH is 1. The second kappa shape index (κ2) is 16.6. The van der Waals surface area contributed by atoms with Gasteiger partial charge >= 0.3 is 0 Å². The van der Waals surface area contributed by atoms with Gasteiger partial charge in [-0.05, 0) is 24.5 Å². The fraction of sp³-hybridized carbons (Fsp3) is 0.625. The van der Waals surface area contributed by atoms with Crippen molar-refractivity contribution in [2.75, 3.05) is 6.73 Å². The second-order valence-corrected chi connectivity index (χ2v) is 7.33. The Kier molecular flexibility index (Phi) is 14.4. The lowest BCUT2D eigenvalue weighted by molar-refractivity contribution is 0.0910. The Morgan fingerprint density at radius 3 is 2.04 bits per heavy atom. The molecule has 1 aromatic carbocycles. The molecule has 0 aliphatic carbocycles. The average molecular weight is 374 g/mol. The maximum atomic E-state index is 11.9. The first-order valence-electron chi connectivity index (χ1n) is 10.9. The molecule has 0 saturated heterocycles. The lowest BCUT2D eigenvalue weighted by Crippen LogP contribution is -2.24. The Hall–Kier alpha value is -1.61. The molecule has 152 valence electrons. The molecule has 0 aliphatic heterocycles. The van der Waals surface area contributed by atoms with Gasteiger partial charge in [0.2, 0.25) is 0 Å². The van der Waals surface area contributed by atoms with Crippen LogP contribution in [0.4, 0.5) is 0 Å². The van der Waals surface area contributed by atoms with Crippen LogP contribution in [0.2, 0.25) is 0 Å². The normalized spacial score (nSPS) is 11.2. The number of rotatable bonds is 16. The second-order valence-electron chi connectivity index (χ2n) is 7.33. The van der Waals surface area contributed by atoms with E-state index in [1.165, 1.54) is 77.0 Å². The summed E-state index contributed by atoms with van der Waals surface area (Å²) < 4.78 is 0. The molecule has 1 rings (SSSR count). The standard InChI is InChI=1S/C24H39NO2/c1-2-3-4-5-6-7-8-9-10-11-12-13-14-15-18-22-19-16-17-20-23(22)24(27)25-21-26/h15-20,26H,2-14,21H2,1H3,(H,25,27). The first-order valence-corrected chi connectivity index (χ1v) is 10.9. The van der Waals surface area contributed by atoms with E-state index in [4.69, 9.17) is 5.11 Å². The van der Waals surface area contributed by atoms with Gasteiger partial charge in [-0.25, -0.2) is 0 Å². The summed E-state index contributed by atoms with van der Waals surface area (Å²) in [7, 11) is 0. The third-order valence-electron chi connectivity index (χ3n) is 4.97. The summed E-state index contributed by atoms with van der Waals surface area (Å²) in [4.78, 5) is 11.9. The van der Waals surface area contributed by atoms with Gasteiger partial charge in [-0.15, -0.1) is 0 Å². The van der Waals surface area contributed by atoms with Crippen molar-refractivity contribution in [1.82, 2.24) is 5.32 Å². The molecule has 0 atom stereocenters. The molecule has 0 heterocycles. The summed E-state index contributed by atoms with van der Waals surface area (Å²) in [5.41, 5.74) is 1.51. The molecule has 2 N–H and O–H groups in total. The highest BCUT2D eigenvalue weighted by atomic mass is 16.3. The molecule has 0 fully saturated rings. The van der Waals surface area contributed by atoms with E-state index >= 15 is 0 Å². The van der Waals surface area contributed by atoms with Crippen molar-refractivity contribution in [3.05, 3.63) is 41.5 Å². The SMILES string of the molecule is CCCCCCCCCCCCCCC=Cc1ccccc1C(=O)NCO. The zero-order valence-corrected chi connectivity index (χ0v) is 17.2. The number of hydrogen-bond acceptors (Lipinski definition) is 2. The van der Waals surface area contributed by atoms with Crippen LogP contribution in [0.3, 0.4) is 0 Å². The molecule has 3 nitrogen and oxygen atoms in total. The summed E-state index contributed by atoms with van der Waals surface area (Å²) in [5, 5.41) is 11.3. The Labute approximate surface area is 166 Å². The van der Waals surface area contributed by atoms with Crippen molar-refractivity contribution in [3.63, 3.8) is 0 Å². The van der Waals surface area contributed by atoms with Crippen molar-refractivity contribution in [2.45, 2.75) is 90.4 Å². The lowest BCUT2D eigenvalue weighted by atomic mass is 10.0. The highest BCUT2D eigenvalue weighted by Gasteiger charge is 2.07. The smallest absolute Gasteiger partial charge is 0.253 e. The van der Waals surface area contributed by atoms with Crippen LogP contribution in [-0.4, -0.2) is 17.7 Å². The van der Waals surface area contributed by atoms with Crippen LogP contribution in [0, 0.1) is 0 Å². The van der Waals surface area contributed by atoms with Crippen LogP contribution in [0.15, 0.2) is 30.3 Å². The maximum Gasteiger partial charge on any atom is 0.253 e. The van der Waals surface area contributed by atoms with Crippen LogP contribution in [-0.2, 0) is 0 Å². The maximum absolute atomic E-state index is 11.9. The van der Waals surface area contributed by atoms with Gasteiger partial charge in [-0.1, -0.05) is 108 Å². The molecule has 0 spiro atoms. The summed E-state index contributed by atoms with van der Waals surface area (Å²) in [6.45, 7) is 1.93. The van der Waals surface area contributed by atoms with Crippen LogP contribution in [0.1, 0.15) is 106 Å². The van der Waals surface area contributed by atoms with Gasteiger partial charge in [-0.2, -0.15) is 0 Å². The molecule has 27 heavy (non-hydrogen) atoms. The number of benzene rings is 1. The zero-order valence-electron chi connectivity index (χ0n) is 17.2. The predicted molar refractivity (Wildman–Crippen MR) is 116 cm³/mol. The fourth-order valence-corrected chi connectivity index (χ4v) is 3.33. The summed E-state index contributed by atoms with van der Waals surface area (Å²) in [6, 6.07) is 7.49. The number of allylic oxidation sites excluding steroid dienone is 1. The highest BCUT2D eigenvalue weighted by molar-refractivity contribution is 5.97. The third kappa shape index (κ3) is 11.7. The first-order chi connectivity index (χ1) is 13.3. The van der Waals surface area contributed by atoms with Crippen LogP contribution >= 0.6 is 0 Å². The minimum Gasteiger partial charge on any atom is -0.376 e. The quantitative estimate of drug-likeness (QED) is 0.258. The summed E-state index contributed by atoms with van der Waals surface area (Å²) in [6.07, 6.45) is 21.6. The number of carbonyl (C=O) groups is 1. The lowest BCUT2D eigenvalue weighted by Gasteiger charge is -2.05. The fourth-order valence-electron chi connectivity index (χ4n) is 3.33. The van der Waals surface area contributed by atoms with Gasteiger partial charge in [-0.3, -0.25) is 4.79 Å². The molecule has 0 bridgehead atoms. The van der Waals surface area contributed by atoms with Gasteiger partial charge in [0, 0.05) is 5.56 Å². The topological polar surface area (TPSA) is 49.3 Å². The van der Waals surface area contributed by atoms with E-state index < -0.39 is 0 Å². The van der Waals surface area contributed by atoms with E-state index in [-0.39, 0.29) is 12.6 Å². The molecule has 0 aromatic heterocycles. The monoisotopic (exact) mass is 373 g/mol. The minimum atomic E-state index is -0.338. The van der Waals surface area contributed by atoms with Crippen LogP contribution in [0.25, 0.3) is 6.08 Å². The number of carbonyl (C=O) groups excluding carboxylic acids is 1. The van der Waals surface area contributed by atoms with Gasteiger partial charge in [0.1, 0.15) is 6.73 Å². The van der Waals surface area contributed by atoms with E-state index in [2.05, 4.69) is 18.3 Å². The Balaban J connectivity index is 2.06. The van der Waals surface area contributed by atoms with Gasteiger partial charge < -0.3 is 10.4 Å². The van der Waals surface area contributed by atoms with Crippen molar-refractivity contribution in [3.8, 4) is 0 Å². The molecule has 0 radical (unpaired) electrons. The first kappa shape index (κ1) is 23.4. The Morgan fingerprint density at radius 1 is 0.889 bits per heavy atom. The van der Waals surface area contributed by atoms with Crippen molar-refractivity contribution >= 4 is 12.0 Å². The van der Waals surface area contributed by atoms with E-state index in [1.807, 2.05) is 24.3 Å². The molecule has 0 saturated carbocycles. The van der Waals surface area contributed by atoms with Crippen molar-refractivity contribution in [2.24, 2.45) is 0 Å². The number of aliphatic hydroxyl groups is 1. The van der Waals surface area contributed by atoms with Gasteiger partial charge in [0.15, 0.2) is 0 Å². The number of hydrogen-bond donors (Lipinski definition) is 2. The number of nitrogens with one attached hydrogen (secondary N) is 1. The predicted octanol–water partition coefficient (Wildman–Crippen LogP) is 6.47. The Bertz CT molecular complexity index is 525. The minimum absolute atomic E-state index is 0.233. The molecule has 0 aliphatic rings. The average Bonchev–Trinajstić information content (AvgIpc) is 2.68. The third-order valence-corrected chi connectivity index (χ3v) is 4.97. The molecular weight excluding hydrogens is 334 g/mol.